The van der Waals surface area contributed by atoms with Crippen molar-refractivity contribution in [2.75, 3.05) is 0 Å². The Morgan fingerprint density at radius 2 is 2.09 bits per heavy atom. The third kappa shape index (κ3) is 4.99. The molecule has 0 amide bonds. The molecular weight excluding hydrogens is 138 g/mol. The van der Waals surface area contributed by atoms with E-state index in [1.54, 1.807) is 6.08 Å². The summed E-state index contributed by atoms with van der Waals surface area (Å²) in [7, 11) is 0. The molecule has 0 heterocycles. The fraction of sp³-hybridized carbons (Fsp3) is 0.778. The molecule has 66 valence electrons. The SMILES string of the molecule is C=CC[C@H](O)[C@@H](N)CC(C)C. The first-order valence-corrected chi connectivity index (χ1v) is 4.12. The van der Waals surface area contributed by atoms with Gasteiger partial charge in [-0.1, -0.05) is 19.9 Å². The highest BCUT2D eigenvalue weighted by molar-refractivity contribution is 4.80. The summed E-state index contributed by atoms with van der Waals surface area (Å²) in [6.45, 7) is 7.74. The number of aliphatic hydroxyl groups excluding tert-OH is 1. The summed E-state index contributed by atoms with van der Waals surface area (Å²) in [5.74, 6) is 0.546. The van der Waals surface area contributed by atoms with E-state index >= 15 is 0 Å². The maximum Gasteiger partial charge on any atom is 0.0725 e. The van der Waals surface area contributed by atoms with Gasteiger partial charge in [0.2, 0.25) is 0 Å². The highest BCUT2D eigenvalue weighted by Crippen LogP contribution is 2.08. The van der Waals surface area contributed by atoms with E-state index in [0.717, 1.165) is 6.42 Å². The first kappa shape index (κ1) is 10.7. The lowest BCUT2D eigenvalue weighted by molar-refractivity contribution is 0.137. The molecule has 0 radical (unpaired) electrons. The summed E-state index contributed by atoms with van der Waals surface area (Å²) in [5, 5.41) is 9.37. The summed E-state index contributed by atoms with van der Waals surface area (Å²) >= 11 is 0. The Hall–Kier alpha value is -0.340. The van der Waals surface area contributed by atoms with Crippen LogP contribution in [0.4, 0.5) is 0 Å². The van der Waals surface area contributed by atoms with Crippen molar-refractivity contribution in [3.63, 3.8) is 0 Å². The molecule has 0 bridgehead atoms. The zero-order chi connectivity index (χ0) is 8.85. The van der Waals surface area contributed by atoms with Gasteiger partial charge in [-0.05, 0) is 18.8 Å². The van der Waals surface area contributed by atoms with Gasteiger partial charge >= 0.3 is 0 Å². The Balaban J connectivity index is 3.62. The highest BCUT2D eigenvalue weighted by Gasteiger charge is 2.13. The maximum absolute atomic E-state index is 9.37. The van der Waals surface area contributed by atoms with Crippen LogP contribution in [0.25, 0.3) is 0 Å². The maximum atomic E-state index is 9.37. The Bertz CT molecular complexity index is 112. The summed E-state index contributed by atoms with van der Waals surface area (Å²) in [4.78, 5) is 0. The smallest absolute Gasteiger partial charge is 0.0725 e. The molecule has 3 N–H and O–H groups in total. The van der Waals surface area contributed by atoms with Crippen LogP contribution < -0.4 is 5.73 Å². The van der Waals surface area contributed by atoms with Crippen LogP contribution in [0.5, 0.6) is 0 Å². The first-order valence-electron chi connectivity index (χ1n) is 4.12. The lowest BCUT2D eigenvalue weighted by atomic mass is 9.98. The average Bonchev–Trinajstić information content (AvgIpc) is 1.86. The summed E-state index contributed by atoms with van der Waals surface area (Å²) in [6.07, 6.45) is 2.74. The Morgan fingerprint density at radius 3 is 2.45 bits per heavy atom. The highest BCUT2D eigenvalue weighted by atomic mass is 16.3. The van der Waals surface area contributed by atoms with Gasteiger partial charge in [0, 0.05) is 6.04 Å². The van der Waals surface area contributed by atoms with Crippen molar-refractivity contribution in [2.24, 2.45) is 11.7 Å². The lowest BCUT2D eigenvalue weighted by Crippen LogP contribution is -2.35. The van der Waals surface area contributed by atoms with Crippen LogP contribution in [-0.2, 0) is 0 Å². The second-order valence-corrected chi connectivity index (χ2v) is 3.39. The topological polar surface area (TPSA) is 46.2 Å². The third-order valence-corrected chi connectivity index (χ3v) is 1.65. The average molecular weight is 157 g/mol. The van der Waals surface area contributed by atoms with Crippen molar-refractivity contribution in [3.05, 3.63) is 12.7 Å². The van der Waals surface area contributed by atoms with Gasteiger partial charge in [0.1, 0.15) is 0 Å². The van der Waals surface area contributed by atoms with E-state index in [9.17, 15) is 5.11 Å². The number of hydrogen-bond donors (Lipinski definition) is 2. The molecule has 0 saturated carbocycles. The molecule has 0 aliphatic carbocycles. The van der Waals surface area contributed by atoms with Gasteiger partial charge in [0.15, 0.2) is 0 Å². The van der Waals surface area contributed by atoms with Crippen LogP contribution in [0.2, 0.25) is 0 Å². The normalized spacial score (nSPS) is 16.5. The van der Waals surface area contributed by atoms with Crippen LogP contribution in [-0.4, -0.2) is 17.3 Å². The van der Waals surface area contributed by atoms with Gasteiger partial charge in [-0.2, -0.15) is 0 Å². The molecule has 0 spiro atoms. The zero-order valence-corrected chi connectivity index (χ0v) is 7.46. The Labute approximate surface area is 69.1 Å². The molecule has 0 aromatic carbocycles. The van der Waals surface area contributed by atoms with Crippen molar-refractivity contribution in [2.45, 2.75) is 38.8 Å². The molecule has 0 aromatic heterocycles. The molecule has 0 rings (SSSR count). The predicted molar refractivity (Wildman–Crippen MR) is 48.3 cm³/mol. The van der Waals surface area contributed by atoms with Crippen LogP contribution in [0.3, 0.4) is 0 Å². The minimum atomic E-state index is -0.421. The van der Waals surface area contributed by atoms with Gasteiger partial charge in [-0.15, -0.1) is 6.58 Å². The van der Waals surface area contributed by atoms with E-state index in [1.165, 1.54) is 0 Å². The van der Waals surface area contributed by atoms with Gasteiger partial charge in [-0.25, -0.2) is 0 Å². The molecular formula is C9H19NO. The van der Waals surface area contributed by atoms with Crippen LogP contribution >= 0.6 is 0 Å². The minimum Gasteiger partial charge on any atom is -0.391 e. The molecule has 0 aliphatic heterocycles. The van der Waals surface area contributed by atoms with Crippen LogP contribution in [0.1, 0.15) is 26.7 Å². The Kier molecular flexibility index (Phi) is 5.16. The third-order valence-electron chi connectivity index (χ3n) is 1.65. The lowest BCUT2D eigenvalue weighted by Gasteiger charge is -2.18. The number of nitrogens with two attached hydrogens (primary N) is 1. The summed E-state index contributed by atoms with van der Waals surface area (Å²) < 4.78 is 0. The summed E-state index contributed by atoms with van der Waals surface area (Å²) in [5.41, 5.74) is 5.71. The monoisotopic (exact) mass is 157 g/mol. The molecule has 11 heavy (non-hydrogen) atoms. The van der Waals surface area contributed by atoms with Crippen LogP contribution in [0.15, 0.2) is 12.7 Å². The molecule has 2 atom stereocenters. The zero-order valence-electron chi connectivity index (χ0n) is 7.46. The van der Waals surface area contributed by atoms with Gasteiger partial charge in [0.25, 0.3) is 0 Å². The van der Waals surface area contributed by atoms with Gasteiger partial charge in [0.05, 0.1) is 6.10 Å². The second kappa shape index (κ2) is 5.33. The Morgan fingerprint density at radius 1 is 1.55 bits per heavy atom. The van der Waals surface area contributed by atoms with E-state index in [1.807, 2.05) is 0 Å². The van der Waals surface area contributed by atoms with Crippen molar-refractivity contribution in [1.82, 2.24) is 0 Å². The molecule has 2 nitrogen and oxygen atoms in total. The fourth-order valence-electron chi connectivity index (χ4n) is 1.05. The fourth-order valence-corrected chi connectivity index (χ4v) is 1.05. The standard InChI is InChI=1S/C9H19NO/c1-4-5-9(11)8(10)6-7(2)3/h4,7-9,11H,1,5-6,10H2,2-3H3/t8-,9-/m0/s1. The second-order valence-electron chi connectivity index (χ2n) is 3.39. The molecule has 0 unspecified atom stereocenters. The largest absolute Gasteiger partial charge is 0.391 e. The first-order chi connectivity index (χ1) is 5.07. The van der Waals surface area contributed by atoms with Crippen molar-refractivity contribution >= 4 is 0 Å². The number of rotatable bonds is 5. The van der Waals surface area contributed by atoms with Gasteiger partial charge < -0.3 is 10.8 Å². The van der Waals surface area contributed by atoms with Crippen LogP contribution in [0, 0.1) is 5.92 Å². The van der Waals surface area contributed by atoms with Crippen molar-refractivity contribution in [1.29, 1.82) is 0 Å². The van der Waals surface area contributed by atoms with E-state index in [4.69, 9.17) is 5.73 Å². The summed E-state index contributed by atoms with van der Waals surface area (Å²) in [6, 6.07) is -0.104. The van der Waals surface area contributed by atoms with Crippen molar-refractivity contribution < 1.29 is 5.11 Å². The number of aliphatic hydroxyl groups is 1. The number of hydrogen-bond acceptors (Lipinski definition) is 2. The van der Waals surface area contributed by atoms with E-state index < -0.39 is 6.10 Å². The molecule has 0 aromatic rings. The van der Waals surface area contributed by atoms with E-state index in [-0.39, 0.29) is 6.04 Å². The van der Waals surface area contributed by atoms with E-state index in [0.29, 0.717) is 12.3 Å². The van der Waals surface area contributed by atoms with Gasteiger partial charge in [-0.3, -0.25) is 0 Å². The predicted octanol–water partition coefficient (Wildman–Crippen LogP) is 1.30. The quantitative estimate of drug-likeness (QED) is 0.591. The van der Waals surface area contributed by atoms with E-state index in [2.05, 4.69) is 20.4 Å². The molecule has 2 heteroatoms. The van der Waals surface area contributed by atoms with Crippen molar-refractivity contribution in [3.8, 4) is 0 Å². The molecule has 0 fully saturated rings. The minimum absolute atomic E-state index is 0.104. The molecule has 0 aliphatic rings. The molecule has 0 saturated heterocycles.